The number of aliphatic hydroxyl groups excluding tert-OH is 2. The maximum Gasteiger partial charge on any atom is 0.256 e. The molecular formula is C7H6O3. The van der Waals surface area contributed by atoms with Gasteiger partial charge in [0, 0.05) is 0 Å². The molecule has 0 amide bonds. The number of allylic oxidation sites excluding steroid dienone is 3. The fraction of sp³-hybridized carbons (Fsp3) is 0.143. The van der Waals surface area contributed by atoms with E-state index in [1.165, 1.54) is 0 Å². The van der Waals surface area contributed by atoms with Gasteiger partial charge in [-0.3, -0.25) is 0 Å². The number of aliphatic hydroxyl groups is 2. The lowest BCUT2D eigenvalue weighted by molar-refractivity contribution is -0.0412. The molecule has 10 heavy (non-hydrogen) atoms. The molecule has 2 rings (SSSR count). The van der Waals surface area contributed by atoms with Crippen LogP contribution in [-0.4, -0.2) is 16.5 Å². The Balaban J connectivity index is 2.49. The fourth-order valence-corrected chi connectivity index (χ4v) is 1.03. The summed E-state index contributed by atoms with van der Waals surface area (Å²) in [6.45, 7) is 0. The normalized spacial score (nSPS) is 28.5. The van der Waals surface area contributed by atoms with Crippen molar-refractivity contribution in [3.05, 3.63) is 35.3 Å². The molecular weight excluding hydrogens is 132 g/mol. The second kappa shape index (κ2) is 1.64. The Morgan fingerprint density at radius 2 is 2.30 bits per heavy atom. The highest BCUT2D eigenvalue weighted by molar-refractivity contribution is 5.49. The SMILES string of the molecule is OC1=C2C=CC=C2OC1O. The molecule has 1 heterocycles. The molecule has 0 spiro atoms. The first kappa shape index (κ1) is 5.56. The molecule has 1 aliphatic carbocycles. The van der Waals surface area contributed by atoms with Gasteiger partial charge < -0.3 is 14.9 Å². The topological polar surface area (TPSA) is 49.7 Å². The summed E-state index contributed by atoms with van der Waals surface area (Å²) in [5.74, 6) is 0.449. The van der Waals surface area contributed by atoms with Crippen molar-refractivity contribution in [1.82, 2.24) is 0 Å². The quantitative estimate of drug-likeness (QED) is 0.515. The van der Waals surface area contributed by atoms with Crippen molar-refractivity contribution < 1.29 is 14.9 Å². The van der Waals surface area contributed by atoms with Crippen LogP contribution in [0.15, 0.2) is 35.3 Å². The number of ether oxygens (including phenoxy) is 1. The van der Waals surface area contributed by atoms with E-state index in [1.807, 2.05) is 0 Å². The summed E-state index contributed by atoms with van der Waals surface area (Å²) in [5.41, 5.74) is 0.590. The predicted molar refractivity (Wildman–Crippen MR) is 34.0 cm³/mol. The molecule has 0 aromatic heterocycles. The van der Waals surface area contributed by atoms with E-state index in [9.17, 15) is 0 Å². The number of hydrogen-bond donors (Lipinski definition) is 2. The lowest BCUT2D eigenvalue weighted by atomic mass is 10.2. The van der Waals surface area contributed by atoms with Crippen LogP contribution in [0, 0.1) is 0 Å². The smallest absolute Gasteiger partial charge is 0.256 e. The minimum absolute atomic E-state index is 0.0972. The zero-order valence-electron chi connectivity index (χ0n) is 5.11. The van der Waals surface area contributed by atoms with Crippen molar-refractivity contribution in [2.75, 3.05) is 0 Å². The van der Waals surface area contributed by atoms with Gasteiger partial charge in [-0.2, -0.15) is 0 Å². The summed E-state index contributed by atoms with van der Waals surface area (Å²) in [6, 6.07) is 0. The lowest BCUT2D eigenvalue weighted by Gasteiger charge is -2.01. The van der Waals surface area contributed by atoms with E-state index in [1.54, 1.807) is 18.2 Å². The second-order valence-corrected chi connectivity index (χ2v) is 2.16. The first-order valence-corrected chi connectivity index (χ1v) is 2.95. The van der Waals surface area contributed by atoms with Gasteiger partial charge in [0.2, 0.25) is 0 Å². The van der Waals surface area contributed by atoms with Crippen LogP contribution in [0.3, 0.4) is 0 Å². The highest BCUT2D eigenvalue weighted by atomic mass is 16.6. The summed E-state index contributed by atoms with van der Waals surface area (Å²) in [6.07, 6.45) is 3.99. The highest BCUT2D eigenvalue weighted by Crippen LogP contribution is 2.31. The molecule has 2 aliphatic rings. The summed E-state index contributed by atoms with van der Waals surface area (Å²) >= 11 is 0. The van der Waals surface area contributed by atoms with E-state index >= 15 is 0 Å². The van der Waals surface area contributed by atoms with E-state index in [-0.39, 0.29) is 5.76 Å². The third kappa shape index (κ3) is 0.525. The predicted octanol–water partition coefficient (Wildman–Crippen LogP) is 0.601. The van der Waals surface area contributed by atoms with Crippen LogP contribution in [0.4, 0.5) is 0 Å². The third-order valence-corrected chi connectivity index (χ3v) is 1.52. The van der Waals surface area contributed by atoms with Crippen LogP contribution in [0.2, 0.25) is 0 Å². The Labute approximate surface area is 57.6 Å². The zero-order chi connectivity index (χ0) is 7.14. The Hall–Kier alpha value is -1.22. The first-order chi connectivity index (χ1) is 4.79. The van der Waals surface area contributed by atoms with Crippen molar-refractivity contribution in [3.63, 3.8) is 0 Å². The number of fused-ring (bicyclic) bond motifs is 1. The molecule has 1 unspecified atom stereocenters. The summed E-state index contributed by atoms with van der Waals surface area (Å²) in [7, 11) is 0. The molecule has 0 radical (unpaired) electrons. The molecule has 0 saturated heterocycles. The maximum absolute atomic E-state index is 9.08. The minimum atomic E-state index is -1.16. The number of rotatable bonds is 0. The van der Waals surface area contributed by atoms with Crippen molar-refractivity contribution in [2.24, 2.45) is 0 Å². The van der Waals surface area contributed by atoms with E-state index in [4.69, 9.17) is 14.9 Å². The van der Waals surface area contributed by atoms with E-state index in [0.717, 1.165) is 0 Å². The molecule has 0 bridgehead atoms. The van der Waals surface area contributed by atoms with Gasteiger partial charge in [-0.05, 0) is 12.2 Å². The third-order valence-electron chi connectivity index (χ3n) is 1.52. The van der Waals surface area contributed by atoms with Gasteiger partial charge >= 0.3 is 0 Å². The molecule has 1 atom stereocenters. The highest BCUT2D eigenvalue weighted by Gasteiger charge is 2.28. The lowest BCUT2D eigenvalue weighted by Crippen LogP contribution is -2.06. The minimum Gasteiger partial charge on any atom is -0.506 e. The molecule has 1 aliphatic heterocycles. The van der Waals surface area contributed by atoms with Gasteiger partial charge in [0.15, 0.2) is 5.76 Å². The Kier molecular flexibility index (Phi) is 0.910. The van der Waals surface area contributed by atoms with Crippen LogP contribution < -0.4 is 0 Å². The van der Waals surface area contributed by atoms with Crippen molar-refractivity contribution >= 4 is 0 Å². The maximum atomic E-state index is 9.08. The summed E-state index contributed by atoms with van der Waals surface area (Å²) in [4.78, 5) is 0. The van der Waals surface area contributed by atoms with Crippen molar-refractivity contribution in [3.8, 4) is 0 Å². The van der Waals surface area contributed by atoms with Crippen LogP contribution in [-0.2, 0) is 4.74 Å². The fourth-order valence-electron chi connectivity index (χ4n) is 1.03. The Morgan fingerprint density at radius 3 is 3.00 bits per heavy atom. The molecule has 3 nitrogen and oxygen atoms in total. The molecule has 0 aromatic carbocycles. The summed E-state index contributed by atoms with van der Waals surface area (Å²) < 4.78 is 4.83. The van der Waals surface area contributed by atoms with Crippen LogP contribution in [0.1, 0.15) is 0 Å². The monoisotopic (exact) mass is 138 g/mol. The average Bonchev–Trinajstić information content (AvgIpc) is 2.41. The molecule has 0 saturated carbocycles. The molecule has 3 heteroatoms. The van der Waals surface area contributed by atoms with Gasteiger partial charge in [0.25, 0.3) is 6.29 Å². The van der Waals surface area contributed by atoms with E-state index in [2.05, 4.69) is 0 Å². The van der Waals surface area contributed by atoms with Crippen LogP contribution in [0.25, 0.3) is 0 Å². The Bertz CT molecular complexity index is 260. The largest absolute Gasteiger partial charge is 0.506 e. The number of hydrogen-bond acceptors (Lipinski definition) is 3. The van der Waals surface area contributed by atoms with Crippen molar-refractivity contribution in [1.29, 1.82) is 0 Å². The van der Waals surface area contributed by atoms with Crippen LogP contribution in [0.5, 0.6) is 0 Å². The summed E-state index contributed by atoms with van der Waals surface area (Å²) in [5, 5.41) is 18.0. The second-order valence-electron chi connectivity index (χ2n) is 2.16. The average molecular weight is 138 g/mol. The Morgan fingerprint density at radius 1 is 1.50 bits per heavy atom. The van der Waals surface area contributed by atoms with Crippen molar-refractivity contribution in [2.45, 2.75) is 6.29 Å². The standard InChI is InChI=1S/C7H6O3/c8-6-4-2-1-3-5(4)10-7(6)9/h1-3,7-9H. The zero-order valence-corrected chi connectivity index (χ0v) is 5.11. The molecule has 2 N–H and O–H groups in total. The molecule has 0 fully saturated rings. The first-order valence-electron chi connectivity index (χ1n) is 2.95. The molecule has 0 aromatic rings. The molecule has 52 valence electrons. The van der Waals surface area contributed by atoms with Gasteiger partial charge in [0.05, 0.1) is 5.57 Å². The van der Waals surface area contributed by atoms with Gasteiger partial charge in [-0.15, -0.1) is 0 Å². The van der Waals surface area contributed by atoms with E-state index in [0.29, 0.717) is 11.3 Å². The van der Waals surface area contributed by atoms with Gasteiger partial charge in [-0.1, -0.05) is 6.08 Å². The van der Waals surface area contributed by atoms with Gasteiger partial charge in [0.1, 0.15) is 5.76 Å². The van der Waals surface area contributed by atoms with E-state index < -0.39 is 6.29 Å². The van der Waals surface area contributed by atoms with Crippen LogP contribution >= 0.6 is 0 Å². The van der Waals surface area contributed by atoms with Gasteiger partial charge in [-0.25, -0.2) is 0 Å².